The molecule has 5 nitrogen and oxygen atoms in total. The van der Waals surface area contributed by atoms with Gasteiger partial charge in [0, 0.05) is 17.8 Å². The molecule has 0 bridgehead atoms. The number of non-ortho nitro benzene ring substituents is 1. The predicted octanol–water partition coefficient (Wildman–Crippen LogP) is 2.51. The first kappa shape index (κ1) is 13.1. The van der Waals surface area contributed by atoms with Gasteiger partial charge in [-0.25, -0.2) is 0 Å². The maximum absolute atomic E-state index is 11.8. The summed E-state index contributed by atoms with van der Waals surface area (Å²) in [6.07, 6.45) is -5.46. The Hall–Kier alpha value is -1.99. The highest BCUT2D eigenvalue weighted by molar-refractivity contribution is 5.53. The molecule has 0 spiro atoms. The molecule has 0 saturated carbocycles. The summed E-state index contributed by atoms with van der Waals surface area (Å²) in [6.45, 7) is -0.607. The fourth-order valence-electron chi connectivity index (χ4n) is 1.08. The van der Waals surface area contributed by atoms with Crippen LogP contribution in [-0.2, 0) is 0 Å². The van der Waals surface area contributed by atoms with E-state index in [-0.39, 0.29) is 17.1 Å². The number of nitro groups is 1. The predicted molar refractivity (Wildman–Crippen MR) is 53.7 cm³/mol. The Balaban J connectivity index is 2.68. The van der Waals surface area contributed by atoms with Crippen LogP contribution in [0.5, 0.6) is 5.75 Å². The number of hydrogen-bond donors (Lipinski definition) is 1. The van der Waals surface area contributed by atoms with Crippen LogP contribution >= 0.6 is 0 Å². The lowest BCUT2D eigenvalue weighted by molar-refractivity contribution is -0.384. The van der Waals surface area contributed by atoms with Crippen molar-refractivity contribution >= 4 is 11.4 Å². The van der Waals surface area contributed by atoms with Gasteiger partial charge in [-0.1, -0.05) is 0 Å². The van der Waals surface area contributed by atoms with Crippen LogP contribution in [0.25, 0.3) is 0 Å². The van der Waals surface area contributed by atoms with Crippen LogP contribution in [0.1, 0.15) is 6.42 Å². The van der Waals surface area contributed by atoms with Crippen molar-refractivity contribution in [2.45, 2.75) is 12.6 Å². The molecule has 0 aliphatic carbocycles. The lowest BCUT2D eigenvalue weighted by Gasteiger charge is -2.08. The number of nitro benzene ring substituents is 1. The molecule has 8 heteroatoms. The Labute approximate surface area is 94.1 Å². The minimum Gasteiger partial charge on any atom is -0.493 e. The van der Waals surface area contributed by atoms with Gasteiger partial charge in [0.15, 0.2) is 0 Å². The highest BCUT2D eigenvalue weighted by Gasteiger charge is 2.26. The fourth-order valence-corrected chi connectivity index (χ4v) is 1.08. The summed E-state index contributed by atoms with van der Waals surface area (Å²) in [5, 5.41) is 10.5. The van der Waals surface area contributed by atoms with E-state index < -0.39 is 24.1 Å². The lowest BCUT2D eigenvalue weighted by atomic mass is 10.2. The first-order chi connectivity index (χ1) is 7.78. The van der Waals surface area contributed by atoms with E-state index in [0.29, 0.717) is 0 Å². The molecular weight excluding hydrogens is 241 g/mol. The van der Waals surface area contributed by atoms with Crippen LogP contribution in [0.2, 0.25) is 0 Å². The van der Waals surface area contributed by atoms with Crippen LogP contribution in [0.15, 0.2) is 18.2 Å². The molecule has 0 unspecified atom stereocenters. The third-order valence-electron chi connectivity index (χ3n) is 1.78. The average molecular weight is 250 g/mol. The number of ether oxygens (including phenoxy) is 1. The smallest absolute Gasteiger partial charge is 0.392 e. The van der Waals surface area contributed by atoms with Gasteiger partial charge in [0.05, 0.1) is 24.0 Å². The Bertz CT molecular complexity index is 420. The molecule has 0 aliphatic heterocycles. The summed E-state index contributed by atoms with van der Waals surface area (Å²) >= 11 is 0. The molecule has 0 heterocycles. The molecule has 17 heavy (non-hydrogen) atoms. The average Bonchev–Trinajstić information content (AvgIpc) is 2.14. The molecule has 1 rings (SSSR count). The van der Waals surface area contributed by atoms with Crippen molar-refractivity contribution in [2.75, 3.05) is 12.3 Å². The number of anilines is 1. The quantitative estimate of drug-likeness (QED) is 0.506. The zero-order valence-electron chi connectivity index (χ0n) is 8.53. The molecule has 1 aromatic carbocycles. The first-order valence-electron chi connectivity index (χ1n) is 4.52. The molecule has 0 aromatic heterocycles. The Morgan fingerprint density at radius 2 is 2.00 bits per heavy atom. The number of hydrogen-bond acceptors (Lipinski definition) is 4. The van der Waals surface area contributed by atoms with E-state index in [4.69, 9.17) is 10.5 Å². The van der Waals surface area contributed by atoms with Gasteiger partial charge in [0.25, 0.3) is 5.69 Å². The lowest BCUT2D eigenvalue weighted by Crippen LogP contribution is -2.13. The van der Waals surface area contributed by atoms with E-state index in [9.17, 15) is 23.3 Å². The van der Waals surface area contributed by atoms with Gasteiger partial charge in [-0.05, 0) is 0 Å². The third kappa shape index (κ3) is 4.58. The number of benzene rings is 1. The topological polar surface area (TPSA) is 78.4 Å². The van der Waals surface area contributed by atoms with E-state index in [1.54, 1.807) is 0 Å². The Morgan fingerprint density at radius 1 is 1.35 bits per heavy atom. The second-order valence-corrected chi connectivity index (χ2v) is 3.23. The molecule has 0 aliphatic rings. The number of nitrogen functional groups attached to an aromatic ring is 1. The van der Waals surface area contributed by atoms with Crippen LogP contribution < -0.4 is 10.5 Å². The van der Waals surface area contributed by atoms with Crippen molar-refractivity contribution in [2.24, 2.45) is 0 Å². The Kier molecular flexibility index (Phi) is 3.77. The Morgan fingerprint density at radius 3 is 2.53 bits per heavy atom. The number of alkyl halides is 3. The second kappa shape index (κ2) is 4.89. The van der Waals surface area contributed by atoms with Gasteiger partial charge in [-0.15, -0.1) is 0 Å². The van der Waals surface area contributed by atoms with Crippen molar-refractivity contribution in [3.63, 3.8) is 0 Å². The molecule has 0 amide bonds. The number of halogens is 3. The van der Waals surface area contributed by atoms with Gasteiger partial charge in [0.1, 0.15) is 5.75 Å². The van der Waals surface area contributed by atoms with Gasteiger partial charge in [-0.3, -0.25) is 10.1 Å². The maximum Gasteiger partial charge on any atom is 0.392 e. The molecular formula is C9H9F3N2O3. The van der Waals surface area contributed by atoms with E-state index in [1.165, 1.54) is 6.07 Å². The molecule has 0 saturated heterocycles. The molecule has 0 fully saturated rings. The van der Waals surface area contributed by atoms with Gasteiger partial charge in [-0.2, -0.15) is 13.2 Å². The monoisotopic (exact) mass is 250 g/mol. The summed E-state index contributed by atoms with van der Waals surface area (Å²) in [6, 6.07) is 3.34. The highest BCUT2D eigenvalue weighted by Crippen LogP contribution is 2.25. The van der Waals surface area contributed by atoms with Crippen molar-refractivity contribution < 1.29 is 22.8 Å². The first-order valence-corrected chi connectivity index (χ1v) is 4.52. The number of nitrogens with two attached hydrogens (primary N) is 1. The van der Waals surface area contributed by atoms with E-state index in [2.05, 4.69) is 0 Å². The molecule has 94 valence electrons. The summed E-state index contributed by atoms with van der Waals surface area (Å²) < 4.78 is 40.2. The molecule has 0 radical (unpaired) electrons. The number of nitrogens with zero attached hydrogens (tertiary/aromatic N) is 1. The number of rotatable bonds is 4. The molecule has 1 aromatic rings. The summed E-state index contributed by atoms with van der Waals surface area (Å²) in [5.74, 6) is -0.0547. The molecule has 0 atom stereocenters. The highest BCUT2D eigenvalue weighted by atomic mass is 19.4. The summed E-state index contributed by atoms with van der Waals surface area (Å²) in [7, 11) is 0. The zero-order valence-corrected chi connectivity index (χ0v) is 8.53. The normalized spacial score (nSPS) is 11.2. The third-order valence-corrected chi connectivity index (χ3v) is 1.78. The van der Waals surface area contributed by atoms with E-state index in [0.717, 1.165) is 12.1 Å². The summed E-state index contributed by atoms with van der Waals surface area (Å²) in [5.41, 5.74) is 5.08. The fraction of sp³-hybridized carbons (Fsp3) is 0.333. The standard InChI is InChI=1S/C9H9F3N2O3/c10-9(11,12)1-2-17-8-4-6(13)3-7(5-8)14(15)16/h3-5H,1-2,13H2. The van der Waals surface area contributed by atoms with Gasteiger partial charge in [0.2, 0.25) is 0 Å². The minimum absolute atomic E-state index is 0.0547. The minimum atomic E-state index is -4.33. The van der Waals surface area contributed by atoms with Crippen molar-refractivity contribution in [3.05, 3.63) is 28.3 Å². The van der Waals surface area contributed by atoms with Crippen LogP contribution in [0.4, 0.5) is 24.5 Å². The SMILES string of the molecule is Nc1cc(OCCC(F)(F)F)cc([N+](=O)[O-])c1. The zero-order chi connectivity index (χ0) is 13.1. The summed E-state index contributed by atoms with van der Waals surface area (Å²) in [4.78, 5) is 9.75. The van der Waals surface area contributed by atoms with Gasteiger partial charge >= 0.3 is 6.18 Å². The van der Waals surface area contributed by atoms with Crippen LogP contribution in [0.3, 0.4) is 0 Å². The second-order valence-electron chi connectivity index (χ2n) is 3.23. The van der Waals surface area contributed by atoms with Crippen LogP contribution in [0, 0.1) is 10.1 Å². The van der Waals surface area contributed by atoms with Crippen molar-refractivity contribution in [1.29, 1.82) is 0 Å². The van der Waals surface area contributed by atoms with Crippen molar-refractivity contribution in [1.82, 2.24) is 0 Å². The van der Waals surface area contributed by atoms with Gasteiger partial charge < -0.3 is 10.5 Å². The van der Waals surface area contributed by atoms with E-state index in [1.807, 2.05) is 0 Å². The molecule has 2 N–H and O–H groups in total. The maximum atomic E-state index is 11.8. The largest absolute Gasteiger partial charge is 0.493 e. The van der Waals surface area contributed by atoms with Crippen molar-refractivity contribution in [3.8, 4) is 5.75 Å². The van der Waals surface area contributed by atoms with Crippen LogP contribution in [-0.4, -0.2) is 17.7 Å². The van der Waals surface area contributed by atoms with E-state index >= 15 is 0 Å².